The van der Waals surface area contributed by atoms with Gasteiger partial charge in [-0.2, -0.15) is 0 Å². The summed E-state index contributed by atoms with van der Waals surface area (Å²) in [5.74, 6) is -1.37. The highest BCUT2D eigenvalue weighted by Crippen LogP contribution is 2.42. The summed E-state index contributed by atoms with van der Waals surface area (Å²) in [6, 6.07) is 9.17. The number of esters is 1. The molecule has 0 spiro atoms. The first-order valence-electron chi connectivity index (χ1n) is 24.1. The molecular formula is C49H79NO16. The third kappa shape index (κ3) is 12.0. The third-order valence-electron chi connectivity index (χ3n) is 15.5. The SMILES string of the molecule is CC(=O)NC1[C@H](C)OC(CO)[C@@H](O)[C@@H]1O[C@@H]1OC(C)[C@H](C)[C@H](O[C@@H]2OC(C)[C@H](C)[C@H](C)C2O[C@@H]2OC(C)[C@H](C)[C@H](O[C@H]3O[C@@H](COCc4ccccc4)[C@@H](C)C(C)C3C)C2O)C1OC(C)=O. The van der Waals surface area contributed by atoms with E-state index in [2.05, 4.69) is 33.0 Å². The van der Waals surface area contributed by atoms with Gasteiger partial charge < -0.3 is 72.7 Å². The first kappa shape index (κ1) is 53.0. The van der Waals surface area contributed by atoms with Crippen LogP contribution in [0.4, 0.5) is 0 Å². The van der Waals surface area contributed by atoms with Gasteiger partial charge in [-0.3, -0.25) is 9.59 Å². The summed E-state index contributed by atoms with van der Waals surface area (Å²) in [5, 5.41) is 36.4. The highest BCUT2D eigenvalue weighted by atomic mass is 16.8. The Hall–Kier alpha value is -2.36. The van der Waals surface area contributed by atoms with Gasteiger partial charge in [-0.1, -0.05) is 78.8 Å². The molecule has 66 heavy (non-hydrogen) atoms. The molecule has 0 aliphatic carbocycles. The van der Waals surface area contributed by atoms with E-state index in [0.29, 0.717) is 13.2 Å². The molecule has 10 unspecified atom stereocenters. The molecule has 17 nitrogen and oxygen atoms in total. The van der Waals surface area contributed by atoms with Crippen LogP contribution in [0.2, 0.25) is 0 Å². The summed E-state index contributed by atoms with van der Waals surface area (Å²) >= 11 is 0. The first-order valence-corrected chi connectivity index (χ1v) is 24.1. The van der Waals surface area contributed by atoms with Crippen molar-refractivity contribution in [3.05, 3.63) is 35.9 Å². The van der Waals surface area contributed by atoms with Crippen LogP contribution in [0, 0.1) is 41.4 Å². The number of aliphatic hydroxyl groups is 3. The van der Waals surface area contributed by atoms with Crippen molar-refractivity contribution < 1.29 is 77.0 Å². The zero-order valence-corrected chi connectivity index (χ0v) is 41.1. The number of carbonyl (C=O) groups excluding carboxylic acids is 2. The zero-order chi connectivity index (χ0) is 48.3. The lowest BCUT2D eigenvalue weighted by molar-refractivity contribution is -0.381. The Morgan fingerprint density at radius 1 is 0.545 bits per heavy atom. The van der Waals surface area contributed by atoms with Crippen molar-refractivity contribution >= 4 is 11.9 Å². The maximum atomic E-state index is 12.8. The van der Waals surface area contributed by atoms with E-state index >= 15 is 0 Å². The van der Waals surface area contributed by atoms with Crippen LogP contribution in [0.5, 0.6) is 0 Å². The lowest BCUT2D eigenvalue weighted by Crippen LogP contribution is -2.67. The maximum Gasteiger partial charge on any atom is 0.303 e. The van der Waals surface area contributed by atoms with E-state index in [1.807, 2.05) is 71.9 Å². The van der Waals surface area contributed by atoms with Crippen molar-refractivity contribution in [1.29, 1.82) is 0 Å². The van der Waals surface area contributed by atoms with E-state index < -0.39 is 111 Å². The number of aliphatic hydroxyl groups excluding tert-OH is 3. The van der Waals surface area contributed by atoms with Gasteiger partial charge in [0.2, 0.25) is 5.91 Å². The minimum absolute atomic E-state index is 0.00597. The van der Waals surface area contributed by atoms with Crippen LogP contribution in [0.15, 0.2) is 30.3 Å². The minimum Gasteiger partial charge on any atom is -0.454 e. The Kier molecular flexibility index (Phi) is 18.5. The van der Waals surface area contributed by atoms with E-state index in [0.717, 1.165) is 5.56 Å². The maximum absolute atomic E-state index is 12.8. The molecule has 4 N–H and O–H groups in total. The zero-order valence-electron chi connectivity index (χ0n) is 41.1. The van der Waals surface area contributed by atoms with Gasteiger partial charge >= 0.3 is 5.97 Å². The monoisotopic (exact) mass is 938 g/mol. The van der Waals surface area contributed by atoms with Crippen molar-refractivity contribution in [2.24, 2.45) is 41.4 Å². The summed E-state index contributed by atoms with van der Waals surface area (Å²) in [5.41, 5.74) is 1.08. The molecule has 1 aromatic carbocycles. The third-order valence-corrected chi connectivity index (χ3v) is 15.5. The number of ether oxygens (including phenoxy) is 11. The predicted octanol–water partition coefficient (Wildman–Crippen LogP) is 4.09. The summed E-state index contributed by atoms with van der Waals surface area (Å²) in [7, 11) is 0. The Balaban J connectivity index is 1.21. The highest BCUT2D eigenvalue weighted by Gasteiger charge is 2.55. The van der Waals surface area contributed by atoms with E-state index in [9.17, 15) is 24.9 Å². The summed E-state index contributed by atoms with van der Waals surface area (Å²) in [6.45, 7) is 24.9. The predicted molar refractivity (Wildman–Crippen MR) is 238 cm³/mol. The summed E-state index contributed by atoms with van der Waals surface area (Å²) in [4.78, 5) is 25.2. The lowest BCUT2D eigenvalue weighted by Gasteiger charge is -2.51. The van der Waals surface area contributed by atoms with Gasteiger partial charge in [0, 0.05) is 31.6 Å². The molecule has 5 fully saturated rings. The number of amides is 1. The van der Waals surface area contributed by atoms with Gasteiger partial charge in [-0.05, 0) is 56.9 Å². The molecule has 1 aromatic rings. The van der Waals surface area contributed by atoms with E-state index in [1.54, 1.807) is 6.92 Å². The topological polar surface area (TPSA) is 208 Å². The number of rotatable bonds is 15. The lowest BCUT2D eigenvalue weighted by atomic mass is 9.79. The number of hydrogen-bond donors (Lipinski definition) is 4. The largest absolute Gasteiger partial charge is 0.454 e. The Morgan fingerprint density at radius 3 is 1.73 bits per heavy atom. The minimum atomic E-state index is -1.39. The molecule has 1 amide bonds. The van der Waals surface area contributed by atoms with Crippen molar-refractivity contribution in [1.82, 2.24) is 5.32 Å². The smallest absolute Gasteiger partial charge is 0.303 e. The molecule has 376 valence electrons. The fourth-order valence-electron chi connectivity index (χ4n) is 10.1. The molecule has 0 radical (unpaired) electrons. The van der Waals surface area contributed by atoms with Crippen LogP contribution < -0.4 is 5.32 Å². The van der Waals surface area contributed by atoms with Crippen molar-refractivity contribution in [3.8, 4) is 0 Å². The van der Waals surface area contributed by atoms with Crippen LogP contribution in [-0.2, 0) is 68.3 Å². The first-order chi connectivity index (χ1) is 31.2. The van der Waals surface area contributed by atoms with Crippen LogP contribution >= 0.6 is 0 Å². The number of benzene rings is 1. The van der Waals surface area contributed by atoms with Gasteiger partial charge in [0.1, 0.15) is 36.6 Å². The van der Waals surface area contributed by atoms with Crippen LogP contribution in [0.1, 0.15) is 95.6 Å². The van der Waals surface area contributed by atoms with E-state index in [4.69, 9.17) is 52.1 Å². The molecule has 5 heterocycles. The Bertz CT molecular complexity index is 1690. The Morgan fingerprint density at radius 2 is 1.11 bits per heavy atom. The van der Waals surface area contributed by atoms with Crippen LogP contribution in [0.25, 0.3) is 0 Å². The van der Waals surface area contributed by atoms with E-state index in [1.165, 1.54) is 13.8 Å². The van der Waals surface area contributed by atoms with Gasteiger partial charge in [0.25, 0.3) is 0 Å². The van der Waals surface area contributed by atoms with Crippen molar-refractivity contribution in [2.75, 3.05) is 13.2 Å². The molecule has 25 atom stereocenters. The second-order valence-electron chi connectivity index (χ2n) is 19.9. The number of hydrogen-bond acceptors (Lipinski definition) is 16. The quantitative estimate of drug-likeness (QED) is 0.183. The van der Waals surface area contributed by atoms with Crippen molar-refractivity contribution in [2.45, 2.75) is 207 Å². The van der Waals surface area contributed by atoms with Gasteiger partial charge in [-0.25, -0.2) is 0 Å². The number of carbonyl (C=O) groups is 2. The molecule has 0 saturated carbocycles. The molecule has 5 aliphatic heterocycles. The average molecular weight is 938 g/mol. The van der Waals surface area contributed by atoms with Crippen LogP contribution in [-0.4, -0.2) is 151 Å². The molecule has 5 saturated heterocycles. The molecule has 0 aromatic heterocycles. The number of nitrogens with one attached hydrogen (secondary N) is 1. The molecule has 0 bridgehead atoms. The second kappa shape index (κ2) is 23.0. The van der Waals surface area contributed by atoms with Gasteiger partial charge in [0.15, 0.2) is 31.3 Å². The summed E-state index contributed by atoms with van der Waals surface area (Å²) < 4.78 is 71.0. The summed E-state index contributed by atoms with van der Waals surface area (Å²) in [6.07, 6.45) is -14.6. The molecular weight excluding hydrogens is 859 g/mol. The normalized spacial score (nSPS) is 46.6. The molecule has 17 heteroatoms. The molecule has 6 rings (SSSR count). The van der Waals surface area contributed by atoms with E-state index in [-0.39, 0.29) is 59.7 Å². The van der Waals surface area contributed by atoms with Gasteiger partial charge in [-0.15, -0.1) is 0 Å². The van der Waals surface area contributed by atoms with Crippen LogP contribution in [0.3, 0.4) is 0 Å². The van der Waals surface area contributed by atoms with Crippen molar-refractivity contribution in [3.63, 3.8) is 0 Å². The average Bonchev–Trinajstić information content (AvgIpc) is 3.27. The Labute approximate surface area is 391 Å². The highest BCUT2D eigenvalue weighted by molar-refractivity contribution is 5.73. The fraction of sp³-hybridized carbons (Fsp3) is 0.837. The second-order valence-corrected chi connectivity index (χ2v) is 19.9. The molecule has 5 aliphatic rings. The van der Waals surface area contributed by atoms with Gasteiger partial charge in [0.05, 0.1) is 62.5 Å². The fourth-order valence-corrected chi connectivity index (χ4v) is 10.1. The standard InChI is InChI=1S/C49H79NO16/c1-22-24(3)37(21-56-20-35-17-15-14-16-18-35)62-46(26(22)5)63-41-27(6)30(9)58-47(40(41)55)65-43-25(4)23(2)29(8)59-48(43)64-42-28(7)31(10)60-49(45(42)61-34(13)53)66-44-38(50-33(12)52)32(11)57-36(19-51)39(44)54/h14-18,22-32,36-49,51,54-55H,19-21H2,1-13H3,(H,50,52)/t22?,23-,24+,25+,26?,27+,28+,29?,30?,31?,32+,36?,37+,38?,39-,40?,41+,42+,43?,44-,45?,46-,47+,48+,49+/m1/s1.